The van der Waals surface area contributed by atoms with E-state index in [1.165, 1.54) is 13.0 Å². The molecular weight excluding hydrogens is 200 g/mol. The molecule has 0 aromatic carbocycles. The van der Waals surface area contributed by atoms with E-state index in [9.17, 15) is 0 Å². The lowest BCUT2D eigenvalue weighted by atomic mass is 10.3. The normalized spacial score (nSPS) is 11.2. The van der Waals surface area contributed by atoms with E-state index >= 15 is 0 Å². The number of hydrogen-bond donors (Lipinski definition) is 1. The fourth-order valence-corrected chi connectivity index (χ4v) is 1.74. The van der Waals surface area contributed by atoms with Crippen LogP contribution in [-0.4, -0.2) is 40.9 Å². The molecule has 0 bridgehead atoms. The van der Waals surface area contributed by atoms with Crippen molar-refractivity contribution in [3.05, 3.63) is 18.0 Å². The van der Waals surface area contributed by atoms with Crippen LogP contribution < -0.4 is 5.32 Å². The maximum absolute atomic E-state index is 4.32. The van der Waals surface area contributed by atoms with E-state index in [1.54, 1.807) is 0 Å². The summed E-state index contributed by atoms with van der Waals surface area (Å²) in [5.74, 6) is 0. The van der Waals surface area contributed by atoms with Crippen LogP contribution in [0.4, 0.5) is 0 Å². The van der Waals surface area contributed by atoms with Crippen molar-refractivity contribution < 1.29 is 0 Å². The average molecular weight is 224 g/mol. The van der Waals surface area contributed by atoms with Crippen LogP contribution in [0.25, 0.3) is 0 Å². The van der Waals surface area contributed by atoms with Crippen LogP contribution in [0, 0.1) is 0 Å². The Bertz CT molecular complexity index is 278. The van der Waals surface area contributed by atoms with Gasteiger partial charge in [-0.1, -0.05) is 13.8 Å². The Labute approximate surface area is 98.6 Å². The van der Waals surface area contributed by atoms with Gasteiger partial charge in [0.25, 0.3) is 0 Å². The average Bonchev–Trinajstić information content (AvgIpc) is 2.70. The summed E-state index contributed by atoms with van der Waals surface area (Å²) in [7, 11) is 1.95. The van der Waals surface area contributed by atoms with Gasteiger partial charge in [-0.3, -0.25) is 4.68 Å². The highest BCUT2D eigenvalue weighted by molar-refractivity contribution is 4.97. The number of aryl methyl sites for hydroxylation is 1. The van der Waals surface area contributed by atoms with Crippen molar-refractivity contribution in [3.8, 4) is 0 Å². The third kappa shape index (κ3) is 4.77. The number of rotatable bonds is 8. The van der Waals surface area contributed by atoms with Gasteiger partial charge in [-0.2, -0.15) is 5.10 Å². The molecule has 0 aliphatic rings. The molecule has 1 heterocycles. The second-order valence-electron chi connectivity index (χ2n) is 4.04. The maximum atomic E-state index is 4.32. The molecule has 1 rings (SSSR count). The lowest BCUT2D eigenvalue weighted by Crippen LogP contribution is -2.27. The smallest absolute Gasteiger partial charge is 0.0762 e. The van der Waals surface area contributed by atoms with Crippen molar-refractivity contribution in [1.29, 1.82) is 0 Å². The van der Waals surface area contributed by atoms with Crippen molar-refractivity contribution in [2.24, 2.45) is 7.05 Å². The lowest BCUT2D eigenvalue weighted by Gasteiger charge is -2.17. The van der Waals surface area contributed by atoms with Gasteiger partial charge in [0.1, 0.15) is 0 Å². The largest absolute Gasteiger partial charge is 0.311 e. The van der Waals surface area contributed by atoms with Crippen LogP contribution in [0.3, 0.4) is 0 Å². The predicted molar refractivity (Wildman–Crippen MR) is 67.3 cm³/mol. The van der Waals surface area contributed by atoms with Crippen LogP contribution in [0.15, 0.2) is 12.3 Å². The minimum Gasteiger partial charge on any atom is -0.311 e. The van der Waals surface area contributed by atoms with Gasteiger partial charge in [-0.25, -0.2) is 0 Å². The van der Waals surface area contributed by atoms with Crippen molar-refractivity contribution in [2.75, 3.05) is 26.2 Å². The molecule has 0 saturated carbocycles. The third-order valence-corrected chi connectivity index (χ3v) is 2.80. The number of hydrogen-bond acceptors (Lipinski definition) is 3. The summed E-state index contributed by atoms with van der Waals surface area (Å²) in [6.07, 6.45) is 3.18. The molecule has 0 aliphatic heterocycles. The van der Waals surface area contributed by atoms with Crippen LogP contribution in [0.5, 0.6) is 0 Å². The van der Waals surface area contributed by atoms with Crippen LogP contribution in [0.2, 0.25) is 0 Å². The summed E-state index contributed by atoms with van der Waals surface area (Å²) in [5.41, 5.74) is 1.12. The Balaban J connectivity index is 2.04. The van der Waals surface area contributed by atoms with E-state index < -0.39 is 0 Å². The minimum absolute atomic E-state index is 0.874. The summed E-state index contributed by atoms with van der Waals surface area (Å²) in [6, 6.07) is 2.05. The van der Waals surface area contributed by atoms with E-state index in [2.05, 4.69) is 35.2 Å². The Hall–Kier alpha value is -0.870. The van der Waals surface area contributed by atoms with Crippen molar-refractivity contribution in [1.82, 2.24) is 20.0 Å². The lowest BCUT2D eigenvalue weighted by molar-refractivity contribution is 0.298. The quantitative estimate of drug-likeness (QED) is 0.675. The molecule has 0 atom stereocenters. The Morgan fingerprint density at radius 2 is 2.12 bits per heavy atom. The highest BCUT2D eigenvalue weighted by atomic mass is 15.3. The van der Waals surface area contributed by atoms with E-state index in [0.717, 1.165) is 31.9 Å². The van der Waals surface area contributed by atoms with Gasteiger partial charge in [0, 0.05) is 19.8 Å². The van der Waals surface area contributed by atoms with Crippen molar-refractivity contribution in [3.63, 3.8) is 0 Å². The van der Waals surface area contributed by atoms with Gasteiger partial charge in [-0.15, -0.1) is 0 Å². The molecule has 0 amide bonds. The van der Waals surface area contributed by atoms with Crippen LogP contribution >= 0.6 is 0 Å². The SMILES string of the molecule is CCN(CC)CCCNCc1ccn(C)n1. The Morgan fingerprint density at radius 1 is 1.38 bits per heavy atom. The van der Waals surface area contributed by atoms with Gasteiger partial charge in [0.15, 0.2) is 0 Å². The second-order valence-corrected chi connectivity index (χ2v) is 4.04. The van der Waals surface area contributed by atoms with Gasteiger partial charge < -0.3 is 10.2 Å². The molecule has 1 aromatic heterocycles. The topological polar surface area (TPSA) is 33.1 Å². The van der Waals surface area contributed by atoms with E-state index in [-0.39, 0.29) is 0 Å². The van der Waals surface area contributed by atoms with Gasteiger partial charge in [-0.05, 0) is 38.7 Å². The van der Waals surface area contributed by atoms with E-state index in [1.807, 2.05) is 17.9 Å². The number of nitrogens with zero attached hydrogens (tertiary/aromatic N) is 3. The number of nitrogens with one attached hydrogen (secondary N) is 1. The first-order valence-electron chi connectivity index (χ1n) is 6.17. The summed E-state index contributed by atoms with van der Waals surface area (Å²) in [4.78, 5) is 2.45. The highest BCUT2D eigenvalue weighted by Gasteiger charge is 1.99. The van der Waals surface area contributed by atoms with Crippen LogP contribution in [0.1, 0.15) is 26.0 Å². The zero-order valence-electron chi connectivity index (χ0n) is 10.7. The highest BCUT2D eigenvalue weighted by Crippen LogP contribution is 1.93. The standard InChI is InChI=1S/C12H24N4/c1-4-16(5-2)9-6-8-13-11-12-7-10-15(3)14-12/h7,10,13H,4-6,8-9,11H2,1-3H3. The molecule has 1 aromatic rings. The maximum Gasteiger partial charge on any atom is 0.0762 e. The molecule has 92 valence electrons. The van der Waals surface area contributed by atoms with Crippen LogP contribution in [-0.2, 0) is 13.6 Å². The molecule has 4 heteroatoms. The van der Waals surface area contributed by atoms with E-state index in [4.69, 9.17) is 0 Å². The monoisotopic (exact) mass is 224 g/mol. The van der Waals surface area contributed by atoms with Gasteiger partial charge in [0.2, 0.25) is 0 Å². The fourth-order valence-electron chi connectivity index (χ4n) is 1.74. The molecule has 0 saturated heterocycles. The van der Waals surface area contributed by atoms with Crippen molar-refractivity contribution >= 4 is 0 Å². The molecule has 4 nitrogen and oxygen atoms in total. The third-order valence-electron chi connectivity index (χ3n) is 2.80. The second kappa shape index (κ2) is 7.41. The predicted octanol–water partition coefficient (Wildman–Crippen LogP) is 1.24. The molecule has 1 N–H and O–H groups in total. The van der Waals surface area contributed by atoms with Crippen molar-refractivity contribution in [2.45, 2.75) is 26.8 Å². The summed E-state index contributed by atoms with van der Waals surface area (Å²) in [5, 5.41) is 7.74. The fraction of sp³-hybridized carbons (Fsp3) is 0.750. The molecular formula is C12H24N4. The molecule has 0 aliphatic carbocycles. The Kier molecular flexibility index (Phi) is 6.11. The molecule has 0 unspecified atom stereocenters. The van der Waals surface area contributed by atoms with E-state index in [0.29, 0.717) is 0 Å². The Morgan fingerprint density at radius 3 is 2.69 bits per heavy atom. The molecule has 0 spiro atoms. The molecule has 0 radical (unpaired) electrons. The first-order chi connectivity index (χ1) is 7.76. The summed E-state index contributed by atoms with van der Waals surface area (Å²) < 4.78 is 1.84. The number of aromatic nitrogens is 2. The first kappa shape index (κ1) is 13.2. The van der Waals surface area contributed by atoms with Gasteiger partial charge >= 0.3 is 0 Å². The summed E-state index contributed by atoms with van der Waals surface area (Å²) >= 11 is 0. The first-order valence-corrected chi connectivity index (χ1v) is 6.17. The molecule has 0 fully saturated rings. The summed E-state index contributed by atoms with van der Waals surface area (Å²) in [6.45, 7) is 9.84. The minimum atomic E-state index is 0.874. The molecule has 16 heavy (non-hydrogen) atoms. The zero-order chi connectivity index (χ0) is 11.8. The zero-order valence-corrected chi connectivity index (χ0v) is 10.7. The van der Waals surface area contributed by atoms with Gasteiger partial charge in [0.05, 0.1) is 5.69 Å².